The van der Waals surface area contributed by atoms with Crippen molar-refractivity contribution >= 4 is 23.6 Å². The fourth-order valence-corrected chi connectivity index (χ4v) is 6.47. The smallest absolute Gasteiger partial charge is 0.343 e. The van der Waals surface area contributed by atoms with Crippen molar-refractivity contribution in [3.8, 4) is 17.2 Å². The van der Waals surface area contributed by atoms with Crippen molar-refractivity contribution < 1.29 is 38.1 Å². The van der Waals surface area contributed by atoms with E-state index in [-0.39, 0.29) is 47.5 Å². The lowest BCUT2D eigenvalue weighted by Gasteiger charge is -2.22. The molecule has 2 atom stereocenters. The van der Waals surface area contributed by atoms with E-state index < -0.39 is 24.1 Å². The zero-order chi connectivity index (χ0) is 38.7. The first-order chi connectivity index (χ1) is 27.4. The van der Waals surface area contributed by atoms with Gasteiger partial charge < -0.3 is 24.3 Å². The summed E-state index contributed by atoms with van der Waals surface area (Å²) in [5.41, 5.74) is 3.28. The summed E-state index contributed by atoms with van der Waals surface area (Å²) >= 11 is 0. The maximum Gasteiger partial charge on any atom is 0.343 e. The van der Waals surface area contributed by atoms with Gasteiger partial charge in [-0.1, -0.05) is 109 Å². The molecule has 56 heavy (non-hydrogen) atoms. The minimum absolute atomic E-state index is 0.137. The van der Waals surface area contributed by atoms with E-state index in [2.05, 4.69) is 5.32 Å². The summed E-state index contributed by atoms with van der Waals surface area (Å²) in [7, 11) is 0. The number of esters is 2. The molecular formula is C47H39NO8. The van der Waals surface area contributed by atoms with Crippen LogP contribution in [0.15, 0.2) is 158 Å². The van der Waals surface area contributed by atoms with Crippen LogP contribution in [0, 0.1) is 0 Å². The highest BCUT2D eigenvalue weighted by atomic mass is 16.5. The molecule has 1 saturated carbocycles. The molecular weight excluding hydrogens is 707 g/mol. The quantitative estimate of drug-likeness (QED) is 0.0668. The first-order valence-electron chi connectivity index (χ1n) is 18.4. The van der Waals surface area contributed by atoms with Gasteiger partial charge in [-0.3, -0.25) is 9.59 Å². The average Bonchev–Trinajstić information content (AvgIpc) is 3.68. The molecule has 9 heteroatoms. The molecule has 1 N–H and O–H groups in total. The summed E-state index contributed by atoms with van der Waals surface area (Å²) in [4.78, 5) is 53.8. The van der Waals surface area contributed by atoms with Gasteiger partial charge >= 0.3 is 11.9 Å². The molecule has 0 aromatic heterocycles. The Morgan fingerprint density at radius 1 is 0.536 bits per heavy atom. The van der Waals surface area contributed by atoms with Crippen LogP contribution in [0.2, 0.25) is 0 Å². The van der Waals surface area contributed by atoms with Crippen LogP contribution >= 0.6 is 0 Å². The molecule has 1 aliphatic rings. The Labute approximate surface area is 324 Å². The van der Waals surface area contributed by atoms with E-state index in [1.807, 2.05) is 72.8 Å². The monoisotopic (exact) mass is 745 g/mol. The number of hydrogen-bond acceptors (Lipinski definition) is 8. The van der Waals surface area contributed by atoms with E-state index in [1.165, 1.54) is 12.1 Å². The van der Waals surface area contributed by atoms with Gasteiger partial charge in [0, 0.05) is 11.1 Å². The molecule has 0 heterocycles. The lowest BCUT2D eigenvalue weighted by Crippen LogP contribution is -2.42. The molecule has 1 amide bonds. The Kier molecular flexibility index (Phi) is 11.9. The van der Waals surface area contributed by atoms with Gasteiger partial charge in [0.15, 0.2) is 0 Å². The van der Waals surface area contributed by atoms with Gasteiger partial charge in [0.25, 0.3) is 5.91 Å². The normalized spacial score (nSPS) is 14.6. The van der Waals surface area contributed by atoms with Gasteiger partial charge in [-0.05, 0) is 78.9 Å². The molecule has 0 saturated heterocycles. The SMILES string of the molecule is O=C(N[C@@H]1CCC[C@H]1OC(=O)c1cc(OCc2ccccc2)c(C(=O)c2ccccc2)c(OCc2ccccc2)c1)c1ccc(OC(=O)c2ccccc2)cc1. The largest absolute Gasteiger partial charge is 0.488 e. The highest BCUT2D eigenvalue weighted by Crippen LogP contribution is 2.35. The summed E-state index contributed by atoms with van der Waals surface area (Å²) in [5, 5.41) is 3.01. The fraction of sp³-hybridized carbons (Fsp3) is 0.149. The third kappa shape index (κ3) is 9.37. The lowest BCUT2D eigenvalue weighted by atomic mass is 9.99. The second kappa shape index (κ2) is 17.9. The van der Waals surface area contributed by atoms with Crippen LogP contribution in [-0.2, 0) is 18.0 Å². The number of nitrogens with one attached hydrogen (secondary N) is 1. The Morgan fingerprint density at radius 2 is 1.05 bits per heavy atom. The number of benzene rings is 6. The molecule has 1 aliphatic carbocycles. The van der Waals surface area contributed by atoms with Gasteiger partial charge in [0.05, 0.1) is 17.2 Å². The molecule has 1 fully saturated rings. The predicted molar refractivity (Wildman–Crippen MR) is 210 cm³/mol. The highest BCUT2D eigenvalue weighted by Gasteiger charge is 2.33. The van der Waals surface area contributed by atoms with Crippen LogP contribution < -0.4 is 19.5 Å². The number of hydrogen-bond donors (Lipinski definition) is 1. The lowest BCUT2D eigenvalue weighted by molar-refractivity contribution is 0.0249. The summed E-state index contributed by atoms with van der Waals surface area (Å²) in [6.07, 6.45) is 1.28. The Hall–Kier alpha value is -7.00. The maximum absolute atomic E-state index is 14.1. The predicted octanol–water partition coefficient (Wildman–Crippen LogP) is 8.80. The molecule has 0 bridgehead atoms. The number of ether oxygens (including phenoxy) is 4. The number of ketones is 1. The Balaban J connectivity index is 1.10. The second-order valence-corrected chi connectivity index (χ2v) is 13.3. The van der Waals surface area contributed by atoms with Crippen molar-refractivity contribution in [2.45, 2.75) is 44.6 Å². The van der Waals surface area contributed by atoms with Crippen molar-refractivity contribution in [1.82, 2.24) is 5.32 Å². The van der Waals surface area contributed by atoms with Crippen molar-refractivity contribution in [3.05, 3.63) is 197 Å². The number of carbonyl (C=O) groups is 4. The Morgan fingerprint density at radius 3 is 1.61 bits per heavy atom. The highest BCUT2D eigenvalue weighted by molar-refractivity contribution is 6.13. The summed E-state index contributed by atoms with van der Waals surface area (Å²) in [5.74, 6) is -1.16. The molecule has 0 aliphatic heterocycles. The van der Waals surface area contributed by atoms with Crippen molar-refractivity contribution in [2.24, 2.45) is 0 Å². The summed E-state index contributed by atoms with van der Waals surface area (Å²) < 4.78 is 24.1. The van der Waals surface area contributed by atoms with E-state index in [9.17, 15) is 19.2 Å². The van der Waals surface area contributed by atoms with Crippen molar-refractivity contribution in [1.29, 1.82) is 0 Å². The molecule has 280 valence electrons. The van der Waals surface area contributed by atoms with E-state index in [0.717, 1.165) is 17.5 Å². The molecule has 0 spiro atoms. The maximum atomic E-state index is 14.1. The molecule has 0 radical (unpaired) electrons. The number of amides is 1. The molecule has 6 aromatic rings. The van der Waals surface area contributed by atoms with Gasteiger partial charge in [-0.15, -0.1) is 0 Å². The van der Waals surface area contributed by atoms with Crippen LogP contribution in [0.3, 0.4) is 0 Å². The zero-order valence-electron chi connectivity index (χ0n) is 30.5. The average molecular weight is 746 g/mol. The van der Waals surface area contributed by atoms with Crippen LogP contribution in [0.25, 0.3) is 0 Å². The fourth-order valence-electron chi connectivity index (χ4n) is 6.47. The minimum atomic E-state index is -0.645. The molecule has 0 unspecified atom stereocenters. The number of carbonyl (C=O) groups excluding carboxylic acids is 4. The van der Waals surface area contributed by atoms with Crippen LogP contribution in [-0.4, -0.2) is 35.8 Å². The topological polar surface area (TPSA) is 117 Å². The summed E-state index contributed by atoms with van der Waals surface area (Å²) in [6.45, 7) is 0.277. The van der Waals surface area contributed by atoms with Crippen molar-refractivity contribution in [2.75, 3.05) is 0 Å². The van der Waals surface area contributed by atoms with Gasteiger partial charge in [0.1, 0.15) is 42.1 Å². The minimum Gasteiger partial charge on any atom is -0.488 e. The van der Waals surface area contributed by atoms with Crippen LogP contribution in [0.1, 0.15) is 77.4 Å². The van der Waals surface area contributed by atoms with E-state index in [0.29, 0.717) is 35.3 Å². The molecule has 9 nitrogen and oxygen atoms in total. The number of rotatable bonds is 14. The summed E-state index contributed by atoms with van der Waals surface area (Å²) in [6, 6.07) is 45.4. The first-order valence-corrected chi connectivity index (χ1v) is 18.4. The molecule has 6 aromatic carbocycles. The third-order valence-corrected chi connectivity index (χ3v) is 9.40. The van der Waals surface area contributed by atoms with Crippen LogP contribution in [0.4, 0.5) is 0 Å². The second-order valence-electron chi connectivity index (χ2n) is 13.3. The van der Waals surface area contributed by atoms with E-state index in [1.54, 1.807) is 72.8 Å². The Bertz CT molecular complexity index is 2210. The van der Waals surface area contributed by atoms with Gasteiger partial charge in [0.2, 0.25) is 5.78 Å². The van der Waals surface area contributed by atoms with Gasteiger partial charge in [-0.2, -0.15) is 0 Å². The van der Waals surface area contributed by atoms with E-state index in [4.69, 9.17) is 18.9 Å². The van der Waals surface area contributed by atoms with Gasteiger partial charge in [-0.25, -0.2) is 9.59 Å². The van der Waals surface area contributed by atoms with Crippen molar-refractivity contribution in [3.63, 3.8) is 0 Å². The van der Waals surface area contributed by atoms with E-state index >= 15 is 0 Å². The van der Waals surface area contributed by atoms with Crippen LogP contribution in [0.5, 0.6) is 17.2 Å². The zero-order valence-corrected chi connectivity index (χ0v) is 30.5. The first kappa shape index (κ1) is 37.3. The third-order valence-electron chi connectivity index (χ3n) is 9.40. The standard InChI is InChI=1S/C47H39NO8/c49-44(34-18-9-3-10-19-34)43-41(53-30-32-14-5-1-6-15-32)28-37(29-42(43)54-31-33-16-7-2-8-17-33)47(52)56-40-23-13-22-39(40)48-45(50)35-24-26-38(27-25-35)55-46(51)36-20-11-4-12-21-36/h1-12,14-21,24-29,39-40H,13,22-23,30-31H2,(H,48,50)/t39-,40-/m1/s1. The molecule has 7 rings (SSSR count).